The van der Waals surface area contributed by atoms with Gasteiger partial charge in [0, 0.05) is 19.1 Å². The van der Waals surface area contributed by atoms with Crippen LogP contribution in [0.25, 0.3) is 0 Å². The maximum atomic E-state index is 12.1. The van der Waals surface area contributed by atoms with Crippen LogP contribution in [0.5, 0.6) is 0 Å². The second kappa shape index (κ2) is 6.36. The molecule has 2 fully saturated rings. The highest BCUT2D eigenvalue weighted by Crippen LogP contribution is 2.26. The first-order valence-corrected chi connectivity index (χ1v) is 6.97. The maximum absolute atomic E-state index is 12.1. The fraction of sp³-hybridized carbons (Fsp3) is 0.923. The molecule has 2 rings (SSSR count). The summed E-state index contributed by atoms with van der Waals surface area (Å²) in [5.74, 6) is 0.169. The van der Waals surface area contributed by atoms with Crippen molar-refractivity contribution in [3.63, 3.8) is 0 Å². The number of nitrogens with zero attached hydrogens (tertiary/aromatic N) is 1. The van der Waals surface area contributed by atoms with Crippen molar-refractivity contribution in [3.8, 4) is 0 Å². The third-order valence-corrected chi connectivity index (χ3v) is 4.06. The molecule has 1 saturated carbocycles. The summed E-state index contributed by atoms with van der Waals surface area (Å²) in [6.07, 6.45) is 8.04. The van der Waals surface area contributed by atoms with Gasteiger partial charge in [-0.3, -0.25) is 9.69 Å². The van der Waals surface area contributed by atoms with Crippen LogP contribution in [0.1, 0.15) is 44.9 Å². The van der Waals surface area contributed by atoms with Gasteiger partial charge in [0.1, 0.15) is 0 Å². The molecule has 4 heteroatoms. The zero-order valence-electron chi connectivity index (χ0n) is 10.5. The van der Waals surface area contributed by atoms with E-state index in [0.717, 1.165) is 25.8 Å². The van der Waals surface area contributed by atoms with Crippen molar-refractivity contribution in [2.24, 2.45) is 0 Å². The number of hydrogen-bond acceptors (Lipinski definition) is 3. The van der Waals surface area contributed by atoms with Crippen LogP contribution >= 0.6 is 0 Å². The Bertz CT molecular complexity index is 252. The molecule has 0 aromatic rings. The molecule has 1 aliphatic heterocycles. The molecule has 2 N–H and O–H groups in total. The smallest absolute Gasteiger partial charge is 0.237 e. The molecule has 0 aromatic heterocycles. The summed E-state index contributed by atoms with van der Waals surface area (Å²) in [4.78, 5) is 14.3. The Hall–Kier alpha value is -0.610. The molecular formula is C13H24N2O2. The molecule has 0 bridgehead atoms. The Kier molecular flexibility index (Phi) is 4.80. The largest absolute Gasteiger partial charge is 0.395 e. The molecular weight excluding hydrogens is 216 g/mol. The Morgan fingerprint density at radius 3 is 2.59 bits per heavy atom. The highest BCUT2D eigenvalue weighted by Gasteiger charge is 2.32. The summed E-state index contributed by atoms with van der Waals surface area (Å²) < 4.78 is 0. The molecule has 1 unspecified atom stereocenters. The van der Waals surface area contributed by atoms with E-state index < -0.39 is 0 Å². The molecule has 98 valence electrons. The van der Waals surface area contributed by atoms with Gasteiger partial charge in [-0.25, -0.2) is 0 Å². The summed E-state index contributed by atoms with van der Waals surface area (Å²) in [6, 6.07) is 0.503. The summed E-state index contributed by atoms with van der Waals surface area (Å²) in [6.45, 7) is 1.61. The highest BCUT2D eigenvalue weighted by molar-refractivity contribution is 5.82. The number of nitrogens with one attached hydrogen (secondary N) is 1. The van der Waals surface area contributed by atoms with Crippen molar-refractivity contribution in [3.05, 3.63) is 0 Å². The van der Waals surface area contributed by atoms with Gasteiger partial charge in [-0.2, -0.15) is 0 Å². The molecule has 1 aliphatic carbocycles. The Balaban J connectivity index is 2.03. The second-order valence-corrected chi connectivity index (χ2v) is 5.20. The van der Waals surface area contributed by atoms with Crippen molar-refractivity contribution < 1.29 is 9.90 Å². The molecule has 1 heterocycles. The topological polar surface area (TPSA) is 52.6 Å². The minimum Gasteiger partial charge on any atom is -0.395 e. The lowest BCUT2D eigenvalue weighted by atomic mass is 10.1. The molecule has 2 aliphatic rings. The molecule has 0 spiro atoms. The van der Waals surface area contributed by atoms with Gasteiger partial charge in [0.15, 0.2) is 0 Å². The van der Waals surface area contributed by atoms with Crippen LogP contribution < -0.4 is 5.32 Å². The third kappa shape index (κ3) is 3.19. The predicted molar refractivity (Wildman–Crippen MR) is 66.7 cm³/mol. The summed E-state index contributed by atoms with van der Waals surface area (Å²) in [5, 5.41) is 12.2. The lowest BCUT2D eigenvalue weighted by Gasteiger charge is -2.34. The minimum absolute atomic E-state index is 0.00671. The molecule has 4 nitrogen and oxygen atoms in total. The maximum Gasteiger partial charge on any atom is 0.237 e. The average Bonchev–Trinajstić information content (AvgIpc) is 2.77. The zero-order valence-corrected chi connectivity index (χ0v) is 10.5. The summed E-state index contributed by atoms with van der Waals surface area (Å²) in [5.41, 5.74) is 0. The van der Waals surface area contributed by atoms with Crippen molar-refractivity contribution in [2.45, 2.75) is 57.0 Å². The first kappa shape index (κ1) is 12.8. The first-order valence-electron chi connectivity index (χ1n) is 6.97. The number of rotatable bonds is 4. The van der Waals surface area contributed by atoms with Gasteiger partial charge in [0.2, 0.25) is 5.91 Å². The van der Waals surface area contributed by atoms with E-state index in [-0.39, 0.29) is 18.6 Å². The number of carbonyl (C=O) groups excluding carboxylic acids is 1. The number of hydrogen-bond donors (Lipinski definition) is 2. The Morgan fingerprint density at radius 1 is 1.18 bits per heavy atom. The van der Waals surface area contributed by atoms with Crippen LogP contribution in [-0.2, 0) is 4.79 Å². The molecule has 0 radical (unpaired) electrons. The number of amides is 1. The van der Waals surface area contributed by atoms with E-state index in [2.05, 4.69) is 10.2 Å². The Labute approximate surface area is 103 Å². The van der Waals surface area contributed by atoms with E-state index in [9.17, 15) is 9.90 Å². The van der Waals surface area contributed by atoms with Crippen LogP contribution in [0.3, 0.4) is 0 Å². The lowest BCUT2D eigenvalue weighted by molar-refractivity contribution is -0.127. The minimum atomic E-state index is -0.00671. The lowest BCUT2D eigenvalue weighted by Crippen LogP contribution is -2.50. The molecule has 1 saturated heterocycles. The predicted octanol–water partition coefficient (Wildman–Crippen LogP) is 0.892. The van der Waals surface area contributed by atoms with Crippen LogP contribution in [0.4, 0.5) is 0 Å². The normalized spacial score (nSPS) is 27.2. The molecule has 17 heavy (non-hydrogen) atoms. The standard InChI is InChI=1S/C13H24N2O2/c16-10-9-15(11-5-1-2-6-11)12-7-3-4-8-14-13(12)17/h11-12,16H,1-10H2,(H,14,17). The van der Waals surface area contributed by atoms with Gasteiger partial charge in [-0.05, 0) is 32.1 Å². The van der Waals surface area contributed by atoms with Gasteiger partial charge in [0.05, 0.1) is 12.6 Å². The summed E-state index contributed by atoms with van der Waals surface area (Å²) in [7, 11) is 0. The van der Waals surface area contributed by atoms with Gasteiger partial charge in [-0.1, -0.05) is 12.8 Å². The molecule has 1 amide bonds. The fourth-order valence-corrected chi connectivity index (χ4v) is 3.18. The quantitative estimate of drug-likeness (QED) is 0.767. The molecule has 0 aromatic carbocycles. The van der Waals surface area contributed by atoms with E-state index in [1.165, 1.54) is 25.7 Å². The van der Waals surface area contributed by atoms with Crippen molar-refractivity contribution in [1.82, 2.24) is 10.2 Å². The van der Waals surface area contributed by atoms with Gasteiger partial charge in [0.25, 0.3) is 0 Å². The van der Waals surface area contributed by atoms with E-state index >= 15 is 0 Å². The van der Waals surface area contributed by atoms with Crippen LogP contribution in [0.2, 0.25) is 0 Å². The van der Waals surface area contributed by atoms with E-state index in [0.29, 0.717) is 12.6 Å². The highest BCUT2D eigenvalue weighted by atomic mass is 16.3. The first-order chi connectivity index (χ1) is 8.33. The fourth-order valence-electron chi connectivity index (χ4n) is 3.18. The zero-order chi connectivity index (χ0) is 12.1. The van der Waals surface area contributed by atoms with Crippen LogP contribution in [0.15, 0.2) is 0 Å². The number of carbonyl (C=O) groups is 1. The van der Waals surface area contributed by atoms with Gasteiger partial charge < -0.3 is 10.4 Å². The van der Waals surface area contributed by atoms with E-state index in [1.807, 2.05) is 0 Å². The number of aliphatic hydroxyl groups is 1. The van der Waals surface area contributed by atoms with Crippen molar-refractivity contribution in [1.29, 1.82) is 0 Å². The second-order valence-electron chi connectivity index (χ2n) is 5.20. The average molecular weight is 240 g/mol. The van der Waals surface area contributed by atoms with Crippen LogP contribution in [0, 0.1) is 0 Å². The van der Waals surface area contributed by atoms with Gasteiger partial charge in [-0.15, -0.1) is 0 Å². The summed E-state index contributed by atoms with van der Waals surface area (Å²) >= 11 is 0. The van der Waals surface area contributed by atoms with E-state index in [1.54, 1.807) is 0 Å². The number of aliphatic hydroxyl groups excluding tert-OH is 1. The monoisotopic (exact) mass is 240 g/mol. The van der Waals surface area contributed by atoms with Crippen LogP contribution in [-0.4, -0.2) is 47.7 Å². The molecule has 1 atom stereocenters. The SMILES string of the molecule is O=C1NCCCCC1N(CCO)C1CCCC1. The van der Waals surface area contributed by atoms with E-state index in [4.69, 9.17) is 0 Å². The third-order valence-electron chi connectivity index (χ3n) is 4.06. The van der Waals surface area contributed by atoms with Crippen molar-refractivity contribution in [2.75, 3.05) is 19.7 Å². The van der Waals surface area contributed by atoms with Gasteiger partial charge >= 0.3 is 0 Å². The Morgan fingerprint density at radius 2 is 1.88 bits per heavy atom. The van der Waals surface area contributed by atoms with Crippen molar-refractivity contribution >= 4 is 5.91 Å².